The van der Waals surface area contributed by atoms with E-state index in [1.54, 1.807) is 18.2 Å². The Hall–Kier alpha value is -2.95. The zero-order valence-electron chi connectivity index (χ0n) is 10.9. The molecule has 0 saturated carbocycles. The maximum Gasteiger partial charge on any atom is 0.135 e. The van der Waals surface area contributed by atoms with Crippen LogP contribution in [0.2, 0.25) is 0 Å². The quantitative estimate of drug-likeness (QED) is 0.662. The molecule has 0 aliphatic heterocycles. The number of rotatable bonds is 2. The van der Waals surface area contributed by atoms with E-state index in [0.29, 0.717) is 16.1 Å². The van der Waals surface area contributed by atoms with Crippen molar-refractivity contribution in [3.05, 3.63) is 64.7 Å². The van der Waals surface area contributed by atoms with E-state index < -0.39 is 0 Å². The molecule has 21 heavy (non-hydrogen) atoms. The van der Waals surface area contributed by atoms with Gasteiger partial charge in [-0.1, -0.05) is 24.3 Å². The number of nitriles is 2. The number of allylic oxidation sites excluding steroid dienone is 1. The molecule has 0 aliphatic carbocycles. The molecule has 3 aromatic rings. The molecule has 0 bridgehead atoms. The summed E-state index contributed by atoms with van der Waals surface area (Å²) in [6.07, 6.45) is 1.79. The summed E-state index contributed by atoms with van der Waals surface area (Å²) in [5, 5.41) is 18.9. The van der Waals surface area contributed by atoms with Crippen LogP contribution in [0.4, 0.5) is 0 Å². The maximum absolute atomic E-state index is 9.36. The number of aromatic nitrogens is 1. The van der Waals surface area contributed by atoms with Crippen LogP contribution in [-0.2, 0) is 0 Å². The van der Waals surface area contributed by atoms with E-state index in [9.17, 15) is 5.26 Å². The second-order valence-electron chi connectivity index (χ2n) is 4.39. The van der Waals surface area contributed by atoms with Gasteiger partial charge in [-0.15, -0.1) is 11.3 Å². The molecular weight excluding hydrogens is 278 g/mol. The first-order valence-corrected chi connectivity index (χ1v) is 7.10. The number of benzene rings is 2. The summed E-state index contributed by atoms with van der Waals surface area (Å²) in [5.74, 6) is 0. The molecule has 0 saturated heterocycles. The van der Waals surface area contributed by atoms with Crippen molar-refractivity contribution in [1.82, 2.24) is 4.98 Å². The van der Waals surface area contributed by atoms with E-state index in [1.807, 2.05) is 36.4 Å². The van der Waals surface area contributed by atoms with Crippen molar-refractivity contribution in [2.75, 3.05) is 0 Å². The third kappa shape index (κ3) is 2.67. The molecule has 0 radical (unpaired) electrons. The summed E-state index contributed by atoms with van der Waals surface area (Å²) in [5.41, 5.74) is 2.91. The predicted octanol–water partition coefficient (Wildman–Crippen LogP) is 4.23. The first kappa shape index (κ1) is 13.1. The van der Waals surface area contributed by atoms with Gasteiger partial charge in [0.15, 0.2) is 0 Å². The lowest BCUT2D eigenvalue weighted by Gasteiger charge is -1.95. The van der Waals surface area contributed by atoms with Crippen molar-refractivity contribution in [3.63, 3.8) is 0 Å². The Morgan fingerprint density at radius 3 is 2.48 bits per heavy atom. The Morgan fingerprint density at radius 2 is 1.81 bits per heavy atom. The van der Waals surface area contributed by atoms with Gasteiger partial charge in [-0.2, -0.15) is 10.5 Å². The first-order valence-electron chi connectivity index (χ1n) is 6.28. The van der Waals surface area contributed by atoms with Crippen LogP contribution in [0.25, 0.3) is 21.9 Å². The van der Waals surface area contributed by atoms with Gasteiger partial charge in [0.25, 0.3) is 0 Å². The molecule has 1 aromatic heterocycles. The summed E-state index contributed by atoms with van der Waals surface area (Å²) >= 11 is 1.50. The third-order valence-electron chi connectivity index (χ3n) is 3.00. The van der Waals surface area contributed by atoms with Crippen molar-refractivity contribution in [2.45, 2.75) is 0 Å². The fourth-order valence-corrected chi connectivity index (χ4v) is 2.88. The number of thiazole rings is 1. The van der Waals surface area contributed by atoms with Gasteiger partial charge in [-0.3, -0.25) is 0 Å². The molecular formula is C17H9N3S. The molecule has 98 valence electrons. The highest BCUT2D eigenvalue weighted by Gasteiger charge is 2.08. The minimum Gasteiger partial charge on any atom is -0.235 e. The highest BCUT2D eigenvalue weighted by Crippen LogP contribution is 2.27. The van der Waals surface area contributed by atoms with Crippen molar-refractivity contribution in [2.24, 2.45) is 0 Å². The van der Waals surface area contributed by atoms with E-state index in [-0.39, 0.29) is 0 Å². The average Bonchev–Trinajstić information content (AvgIpc) is 2.97. The Morgan fingerprint density at radius 1 is 1.05 bits per heavy atom. The Bertz CT molecular complexity index is 873. The zero-order chi connectivity index (χ0) is 14.7. The normalized spacial score (nSPS) is 11.0. The molecule has 0 aliphatic rings. The third-order valence-corrected chi connectivity index (χ3v) is 4.07. The molecule has 3 nitrogen and oxygen atoms in total. The van der Waals surface area contributed by atoms with E-state index >= 15 is 0 Å². The topological polar surface area (TPSA) is 60.5 Å². The van der Waals surface area contributed by atoms with Gasteiger partial charge in [0.2, 0.25) is 0 Å². The molecule has 2 aromatic carbocycles. The fraction of sp³-hybridized carbons (Fsp3) is 0. The number of nitrogens with zero attached hydrogens (tertiary/aromatic N) is 3. The molecule has 0 unspecified atom stereocenters. The van der Waals surface area contributed by atoms with Crippen molar-refractivity contribution < 1.29 is 0 Å². The predicted molar refractivity (Wildman–Crippen MR) is 84.3 cm³/mol. The Labute approximate surface area is 126 Å². The standard InChI is InChI=1S/C17H9N3S/c18-10-13-7-5-12(6-8-13)9-14(11-19)17-20-15-3-1-2-4-16(15)21-17/h1-9H. The van der Waals surface area contributed by atoms with Crippen LogP contribution in [-0.4, -0.2) is 4.98 Å². The molecule has 0 amide bonds. The number of fused-ring (bicyclic) bond motifs is 1. The summed E-state index contributed by atoms with van der Waals surface area (Å²) in [6.45, 7) is 0. The second-order valence-corrected chi connectivity index (χ2v) is 5.42. The minimum atomic E-state index is 0.529. The summed E-state index contributed by atoms with van der Waals surface area (Å²) in [6, 6.07) is 19.2. The van der Waals surface area contributed by atoms with Gasteiger partial charge >= 0.3 is 0 Å². The lowest BCUT2D eigenvalue weighted by molar-refractivity contribution is 1.43. The van der Waals surface area contributed by atoms with Crippen LogP contribution in [0.1, 0.15) is 16.1 Å². The van der Waals surface area contributed by atoms with Gasteiger partial charge in [0.1, 0.15) is 11.1 Å². The largest absolute Gasteiger partial charge is 0.235 e. The van der Waals surface area contributed by atoms with E-state index in [4.69, 9.17) is 5.26 Å². The monoisotopic (exact) mass is 287 g/mol. The number of hydrogen-bond donors (Lipinski definition) is 0. The Kier molecular flexibility index (Phi) is 3.47. The first-order chi connectivity index (χ1) is 10.3. The van der Waals surface area contributed by atoms with Crippen LogP contribution in [0.5, 0.6) is 0 Å². The van der Waals surface area contributed by atoms with Crippen molar-refractivity contribution >= 4 is 33.2 Å². The lowest BCUT2D eigenvalue weighted by Crippen LogP contribution is -1.81. The van der Waals surface area contributed by atoms with Crippen LogP contribution in [0, 0.1) is 22.7 Å². The van der Waals surface area contributed by atoms with Gasteiger partial charge in [-0.05, 0) is 35.9 Å². The summed E-state index contributed by atoms with van der Waals surface area (Å²) < 4.78 is 1.06. The van der Waals surface area contributed by atoms with Crippen LogP contribution in [0.15, 0.2) is 48.5 Å². The Balaban J connectivity index is 2.02. The zero-order valence-corrected chi connectivity index (χ0v) is 11.8. The molecule has 4 heteroatoms. The van der Waals surface area contributed by atoms with Gasteiger partial charge < -0.3 is 0 Å². The van der Waals surface area contributed by atoms with Crippen LogP contribution < -0.4 is 0 Å². The highest BCUT2D eigenvalue weighted by molar-refractivity contribution is 7.19. The van der Waals surface area contributed by atoms with Crippen LogP contribution in [0.3, 0.4) is 0 Å². The molecule has 0 N–H and O–H groups in total. The highest BCUT2D eigenvalue weighted by atomic mass is 32.1. The maximum atomic E-state index is 9.36. The van der Waals surface area contributed by atoms with Crippen LogP contribution >= 0.6 is 11.3 Å². The smallest absolute Gasteiger partial charge is 0.135 e. The number of hydrogen-bond acceptors (Lipinski definition) is 4. The fourth-order valence-electron chi connectivity index (χ4n) is 1.95. The molecule has 1 heterocycles. The van der Waals surface area contributed by atoms with E-state index in [1.165, 1.54) is 11.3 Å². The van der Waals surface area contributed by atoms with Crippen molar-refractivity contribution in [1.29, 1.82) is 10.5 Å². The number of para-hydroxylation sites is 1. The lowest BCUT2D eigenvalue weighted by atomic mass is 10.1. The van der Waals surface area contributed by atoms with E-state index in [2.05, 4.69) is 17.1 Å². The molecule has 0 fully saturated rings. The van der Waals surface area contributed by atoms with Gasteiger partial charge in [0, 0.05) is 0 Å². The summed E-state index contributed by atoms with van der Waals surface area (Å²) in [4.78, 5) is 4.49. The summed E-state index contributed by atoms with van der Waals surface area (Å²) in [7, 11) is 0. The van der Waals surface area contributed by atoms with Gasteiger partial charge in [0.05, 0.1) is 27.4 Å². The molecule has 0 spiro atoms. The SMILES string of the molecule is N#CC(=Cc1ccc(C#N)cc1)c1nc2ccccc2s1. The molecule has 0 atom stereocenters. The average molecular weight is 287 g/mol. The van der Waals surface area contributed by atoms with E-state index in [0.717, 1.165) is 15.8 Å². The van der Waals surface area contributed by atoms with Gasteiger partial charge in [-0.25, -0.2) is 4.98 Å². The molecule has 3 rings (SSSR count). The minimum absolute atomic E-state index is 0.529. The second kappa shape index (κ2) is 5.58. The van der Waals surface area contributed by atoms with Crippen molar-refractivity contribution in [3.8, 4) is 12.1 Å².